The van der Waals surface area contributed by atoms with Crippen molar-refractivity contribution in [2.45, 2.75) is 22.2 Å². The molecule has 2 aromatic rings. The molecule has 1 aliphatic rings. The molecule has 0 aliphatic carbocycles. The lowest BCUT2D eigenvalue weighted by molar-refractivity contribution is -0.384. The molecule has 122 valence electrons. The van der Waals surface area contributed by atoms with Crippen LogP contribution in [-0.4, -0.2) is 29.0 Å². The molecule has 1 aliphatic heterocycles. The van der Waals surface area contributed by atoms with E-state index in [2.05, 4.69) is 15.9 Å². The van der Waals surface area contributed by atoms with Gasteiger partial charge >= 0.3 is 0 Å². The molecule has 2 atom stereocenters. The number of nitrogens with zero attached hydrogens (tertiary/aromatic N) is 2. The third-order valence-corrected chi connectivity index (χ3v) is 7.37. The molecule has 3 rings (SSSR count). The Morgan fingerprint density at radius 1 is 1.26 bits per heavy atom. The summed E-state index contributed by atoms with van der Waals surface area (Å²) in [5.41, 5.74) is 0.831. The van der Waals surface area contributed by atoms with Crippen molar-refractivity contribution in [2.24, 2.45) is 0 Å². The fourth-order valence-corrected chi connectivity index (χ4v) is 6.00. The van der Waals surface area contributed by atoms with Crippen molar-refractivity contribution in [3.63, 3.8) is 0 Å². The van der Waals surface area contributed by atoms with Crippen LogP contribution in [0.3, 0.4) is 0 Å². The van der Waals surface area contributed by atoms with Gasteiger partial charge in [0.2, 0.25) is 10.0 Å². The maximum Gasteiger partial charge on any atom is 0.269 e. The van der Waals surface area contributed by atoms with Crippen molar-refractivity contribution >= 4 is 43.0 Å². The normalized spacial score (nSPS) is 22.3. The first-order chi connectivity index (χ1) is 10.9. The summed E-state index contributed by atoms with van der Waals surface area (Å²) in [6.07, 6.45) is 0.715. The van der Waals surface area contributed by atoms with Gasteiger partial charge in [-0.1, -0.05) is 15.9 Å². The number of alkyl halides is 1. The van der Waals surface area contributed by atoms with Crippen molar-refractivity contribution in [1.29, 1.82) is 0 Å². The molecule has 23 heavy (non-hydrogen) atoms. The summed E-state index contributed by atoms with van der Waals surface area (Å²) in [5.74, 6) is 0. The average Bonchev–Trinajstić information content (AvgIpc) is 3.16. The number of thiophene rings is 1. The summed E-state index contributed by atoms with van der Waals surface area (Å²) in [7, 11) is -3.70. The van der Waals surface area contributed by atoms with Crippen LogP contribution < -0.4 is 0 Å². The maximum atomic E-state index is 12.9. The van der Waals surface area contributed by atoms with Crippen LogP contribution in [0.1, 0.15) is 18.0 Å². The Bertz CT molecular complexity index is 806. The van der Waals surface area contributed by atoms with Crippen molar-refractivity contribution in [3.05, 3.63) is 56.8 Å². The minimum absolute atomic E-state index is 0.0462. The largest absolute Gasteiger partial charge is 0.269 e. The van der Waals surface area contributed by atoms with Gasteiger partial charge in [0.15, 0.2) is 0 Å². The van der Waals surface area contributed by atoms with Crippen LogP contribution in [0.4, 0.5) is 5.69 Å². The summed E-state index contributed by atoms with van der Waals surface area (Å²) >= 11 is 5.10. The van der Waals surface area contributed by atoms with E-state index in [1.54, 1.807) is 0 Å². The molecule has 1 aromatic heterocycles. The van der Waals surface area contributed by atoms with Crippen LogP contribution in [0.15, 0.2) is 46.0 Å². The van der Waals surface area contributed by atoms with Crippen LogP contribution in [0.25, 0.3) is 0 Å². The van der Waals surface area contributed by atoms with Gasteiger partial charge < -0.3 is 0 Å². The fraction of sp³-hybridized carbons (Fsp3) is 0.286. The summed E-state index contributed by atoms with van der Waals surface area (Å²) in [5, 5.41) is 14.6. The van der Waals surface area contributed by atoms with Crippen LogP contribution in [0.5, 0.6) is 0 Å². The van der Waals surface area contributed by atoms with E-state index >= 15 is 0 Å². The quantitative estimate of drug-likeness (QED) is 0.433. The molecular formula is C14H13BrN2O4S2. The molecule has 0 N–H and O–H groups in total. The van der Waals surface area contributed by atoms with Gasteiger partial charge in [0.25, 0.3) is 5.69 Å². The molecule has 1 fully saturated rings. The Balaban J connectivity index is 1.96. The lowest BCUT2D eigenvalue weighted by Gasteiger charge is -2.25. The molecule has 0 saturated carbocycles. The topological polar surface area (TPSA) is 80.5 Å². The van der Waals surface area contributed by atoms with Crippen molar-refractivity contribution in [1.82, 2.24) is 4.31 Å². The zero-order valence-corrected chi connectivity index (χ0v) is 15.1. The summed E-state index contributed by atoms with van der Waals surface area (Å²) in [4.78, 5) is 10.3. The number of halogens is 1. The average molecular weight is 417 g/mol. The molecule has 1 aromatic carbocycles. The molecular weight excluding hydrogens is 404 g/mol. The Morgan fingerprint density at radius 2 is 1.96 bits per heavy atom. The van der Waals surface area contributed by atoms with E-state index in [0.29, 0.717) is 13.0 Å². The number of rotatable bonds is 4. The van der Waals surface area contributed by atoms with Gasteiger partial charge in [-0.15, -0.1) is 0 Å². The minimum atomic E-state index is -3.70. The molecule has 0 bridgehead atoms. The smallest absolute Gasteiger partial charge is 0.258 e. The van der Waals surface area contributed by atoms with E-state index in [1.165, 1.54) is 39.9 Å². The van der Waals surface area contributed by atoms with Crippen molar-refractivity contribution in [3.8, 4) is 0 Å². The molecule has 1 saturated heterocycles. The van der Waals surface area contributed by atoms with E-state index in [-0.39, 0.29) is 21.5 Å². The zero-order chi connectivity index (χ0) is 16.6. The van der Waals surface area contributed by atoms with E-state index in [4.69, 9.17) is 0 Å². The highest BCUT2D eigenvalue weighted by molar-refractivity contribution is 9.09. The second-order valence-corrected chi connectivity index (χ2v) is 9.02. The predicted octanol–water partition coefficient (Wildman–Crippen LogP) is 3.56. The monoisotopic (exact) mass is 416 g/mol. The van der Waals surface area contributed by atoms with Crippen molar-refractivity contribution in [2.75, 3.05) is 6.54 Å². The van der Waals surface area contributed by atoms with Crippen molar-refractivity contribution < 1.29 is 13.3 Å². The molecule has 2 heterocycles. The second-order valence-electron chi connectivity index (χ2n) is 5.17. The van der Waals surface area contributed by atoms with Gasteiger partial charge in [0, 0.05) is 23.5 Å². The van der Waals surface area contributed by atoms with E-state index in [1.807, 2.05) is 16.8 Å². The van der Waals surface area contributed by atoms with E-state index in [0.717, 1.165) is 5.56 Å². The number of nitro groups is 1. The molecule has 0 spiro atoms. The van der Waals surface area contributed by atoms with Gasteiger partial charge in [0.05, 0.1) is 15.9 Å². The SMILES string of the molecule is O=[N+]([O-])c1ccc(S(=O)(=O)N2CC[C@@H](Br)[C@@H]2c2ccsc2)cc1. The van der Waals surface area contributed by atoms with Gasteiger partial charge in [0.1, 0.15) is 0 Å². The van der Waals surface area contributed by atoms with Gasteiger partial charge in [-0.2, -0.15) is 15.6 Å². The Labute approximate surface area is 146 Å². The highest BCUT2D eigenvalue weighted by Gasteiger charge is 2.41. The van der Waals surface area contributed by atoms with Gasteiger partial charge in [-0.3, -0.25) is 10.1 Å². The maximum absolute atomic E-state index is 12.9. The number of benzene rings is 1. The lowest BCUT2D eigenvalue weighted by atomic mass is 10.1. The summed E-state index contributed by atoms with van der Waals surface area (Å²) in [6.45, 7) is 0.412. The standard InChI is InChI=1S/C14H13BrN2O4S2/c15-13-5-7-16(14(13)10-6-8-22-9-10)23(20,21)12-3-1-11(2-4-12)17(18)19/h1-4,6,8-9,13-14H,5,7H2/t13-,14+/m1/s1. The number of hydrogen-bond donors (Lipinski definition) is 0. The molecule has 9 heteroatoms. The minimum Gasteiger partial charge on any atom is -0.258 e. The number of nitro benzene ring substituents is 1. The van der Waals surface area contributed by atoms with Crippen LogP contribution >= 0.6 is 27.3 Å². The first-order valence-electron chi connectivity index (χ1n) is 6.84. The lowest BCUT2D eigenvalue weighted by Crippen LogP contribution is -2.32. The highest BCUT2D eigenvalue weighted by Crippen LogP contribution is 2.41. The number of sulfonamides is 1. The first-order valence-corrected chi connectivity index (χ1v) is 10.1. The molecule has 0 amide bonds. The van der Waals surface area contributed by atoms with E-state index < -0.39 is 14.9 Å². The Kier molecular flexibility index (Phi) is 4.54. The first kappa shape index (κ1) is 16.6. The fourth-order valence-electron chi connectivity index (χ4n) is 2.69. The second kappa shape index (κ2) is 6.31. The third kappa shape index (κ3) is 3.06. The molecule has 0 radical (unpaired) electrons. The van der Waals surface area contributed by atoms with Crippen LogP contribution in [-0.2, 0) is 10.0 Å². The zero-order valence-electron chi connectivity index (χ0n) is 11.8. The Hall–Kier alpha value is -1.29. The summed E-state index contributed by atoms with van der Waals surface area (Å²) in [6, 6.07) is 6.68. The predicted molar refractivity (Wildman–Crippen MR) is 91.4 cm³/mol. The summed E-state index contributed by atoms with van der Waals surface area (Å²) < 4.78 is 27.3. The number of hydrogen-bond acceptors (Lipinski definition) is 5. The Morgan fingerprint density at radius 3 is 2.52 bits per heavy atom. The highest BCUT2D eigenvalue weighted by atomic mass is 79.9. The molecule has 0 unspecified atom stereocenters. The van der Waals surface area contributed by atoms with E-state index in [9.17, 15) is 18.5 Å². The number of non-ortho nitro benzene ring substituents is 1. The molecule has 6 nitrogen and oxygen atoms in total. The third-order valence-electron chi connectivity index (χ3n) is 3.82. The van der Waals surface area contributed by atoms with Gasteiger partial charge in [-0.25, -0.2) is 8.42 Å². The van der Waals surface area contributed by atoms with Gasteiger partial charge in [-0.05, 0) is 40.9 Å². The van der Waals surface area contributed by atoms with Crippen LogP contribution in [0, 0.1) is 10.1 Å². The van der Waals surface area contributed by atoms with Crippen LogP contribution in [0.2, 0.25) is 0 Å².